The number of phosphoric acid groups is 1. The maximum absolute atomic E-state index is 12.8. The second-order valence-corrected chi connectivity index (χ2v) is 25.0. The summed E-state index contributed by atoms with van der Waals surface area (Å²) in [6.07, 6.45) is 70.4. The highest BCUT2D eigenvalue weighted by Crippen LogP contribution is 2.43. The highest BCUT2D eigenvalue weighted by Gasteiger charge is 2.27. The molecule has 0 fully saturated rings. The Bertz CT molecular complexity index is 1320. The summed E-state index contributed by atoms with van der Waals surface area (Å²) in [5.41, 5.74) is 0. The third kappa shape index (κ3) is 61.6. The summed E-state index contributed by atoms with van der Waals surface area (Å²) >= 11 is 0. The third-order valence-corrected chi connectivity index (χ3v) is 15.7. The summed E-state index contributed by atoms with van der Waals surface area (Å²) in [5, 5.41) is 0. The van der Waals surface area contributed by atoms with E-state index in [4.69, 9.17) is 18.5 Å². The number of phosphoric ester groups is 1. The first-order valence-electron chi connectivity index (χ1n) is 32.6. The number of quaternary nitrogens is 1. The Morgan fingerprint density at radius 1 is 0.400 bits per heavy atom. The van der Waals surface area contributed by atoms with Gasteiger partial charge in [0.2, 0.25) is 0 Å². The standard InChI is InChI=1S/C65H126NO8P/c1-6-8-10-12-14-16-18-19-20-21-22-23-24-25-26-27-28-29-30-31-32-33-34-35-36-37-38-39-40-41-42-43-44-45-46-47-48-50-52-54-56-58-65(68)74-63(62-73-75(69,70)72-60-59-66(3,4)5)61-71-64(67)57-55-53-51-49-17-15-13-11-9-7-2/h11,13,21-22,63H,6-10,12,14-20,23-62H2,1-5H3/p+1/b13-11-,22-21-. The fourth-order valence-electron chi connectivity index (χ4n) is 9.66. The molecule has 0 aromatic rings. The van der Waals surface area contributed by atoms with Crippen molar-refractivity contribution in [1.82, 2.24) is 0 Å². The Hall–Kier alpha value is -1.51. The molecule has 9 nitrogen and oxygen atoms in total. The van der Waals surface area contributed by atoms with Crippen molar-refractivity contribution in [2.24, 2.45) is 0 Å². The van der Waals surface area contributed by atoms with Gasteiger partial charge in [0.05, 0.1) is 27.7 Å². The first kappa shape index (κ1) is 73.5. The predicted molar refractivity (Wildman–Crippen MR) is 321 cm³/mol. The Kier molecular flexibility index (Phi) is 56.0. The molecule has 0 heterocycles. The molecule has 0 amide bonds. The minimum absolute atomic E-state index is 0.0332. The number of unbranched alkanes of at least 4 members (excludes halogenated alkanes) is 43. The second kappa shape index (κ2) is 57.2. The molecular weight excluding hydrogens is 954 g/mol. The number of rotatable bonds is 61. The van der Waals surface area contributed by atoms with Gasteiger partial charge in [0.15, 0.2) is 6.10 Å². The SMILES string of the molecule is CCC/C=C\CCCCCCCC(=O)OCC(COP(=O)(O)OCC[N+](C)(C)C)OC(=O)CCCCCCCCCCCCCCCCCCCCCCCCCCCCCCC/C=C\CCCCCCCCCC. The summed E-state index contributed by atoms with van der Waals surface area (Å²) < 4.78 is 34.5. The van der Waals surface area contributed by atoms with Gasteiger partial charge >= 0.3 is 19.8 Å². The van der Waals surface area contributed by atoms with Crippen LogP contribution in [0.4, 0.5) is 0 Å². The number of ether oxygens (including phenoxy) is 2. The van der Waals surface area contributed by atoms with Crippen molar-refractivity contribution in [1.29, 1.82) is 0 Å². The van der Waals surface area contributed by atoms with Crippen molar-refractivity contribution in [2.75, 3.05) is 47.5 Å². The topological polar surface area (TPSA) is 108 Å². The summed E-state index contributed by atoms with van der Waals surface area (Å²) in [6.45, 7) is 4.40. The normalized spacial score (nSPS) is 13.3. The Morgan fingerprint density at radius 2 is 0.707 bits per heavy atom. The number of likely N-dealkylation sites (N-methyl/N-ethyl adjacent to an activating group) is 1. The molecule has 0 bridgehead atoms. The minimum atomic E-state index is -4.38. The number of nitrogens with zero attached hydrogens (tertiary/aromatic N) is 1. The van der Waals surface area contributed by atoms with E-state index in [1.165, 1.54) is 238 Å². The predicted octanol–water partition coefficient (Wildman–Crippen LogP) is 20.5. The molecule has 0 aromatic heterocycles. The summed E-state index contributed by atoms with van der Waals surface area (Å²) in [4.78, 5) is 35.5. The van der Waals surface area contributed by atoms with Crippen LogP contribution >= 0.6 is 7.82 Å². The van der Waals surface area contributed by atoms with Crippen LogP contribution in [0, 0.1) is 0 Å². The average molecular weight is 1080 g/mol. The molecule has 0 aliphatic carbocycles. The van der Waals surface area contributed by atoms with Gasteiger partial charge in [0.25, 0.3) is 0 Å². The fourth-order valence-corrected chi connectivity index (χ4v) is 10.4. The van der Waals surface area contributed by atoms with E-state index in [1.807, 2.05) is 21.1 Å². The summed E-state index contributed by atoms with van der Waals surface area (Å²) in [6, 6.07) is 0. The van der Waals surface area contributed by atoms with Crippen LogP contribution in [0.25, 0.3) is 0 Å². The molecule has 2 unspecified atom stereocenters. The highest BCUT2D eigenvalue weighted by molar-refractivity contribution is 7.47. The van der Waals surface area contributed by atoms with E-state index in [2.05, 4.69) is 38.2 Å². The molecule has 0 spiro atoms. The smallest absolute Gasteiger partial charge is 0.462 e. The highest BCUT2D eigenvalue weighted by atomic mass is 31.2. The van der Waals surface area contributed by atoms with Crippen molar-refractivity contribution >= 4 is 19.8 Å². The Morgan fingerprint density at radius 3 is 1.04 bits per heavy atom. The molecule has 0 saturated carbocycles. The van der Waals surface area contributed by atoms with Crippen LogP contribution in [0.3, 0.4) is 0 Å². The Balaban J connectivity index is 3.76. The van der Waals surface area contributed by atoms with Gasteiger partial charge in [-0.2, -0.15) is 0 Å². The number of carbonyl (C=O) groups excluding carboxylic acids is 2. The molecule has 10 heteroatoms. The lowest BCUT2D eigenvalue weighted by Gasteiger charge is -2.24. The lowest BCUT2D eigenvalue weighted by molar-refractivity contribution is -0.870. The number of hydrogen-bond donors (Lipinski definition) is 1. The zero-order valence-corrected chi connectivity index (χ0v) is 51.5. The number of hydrogen-bond acceptors (Lipinski definition) is 7. The van der Waals surface area contributed by atoms with E-state index in [9.17, 15) is 19.0 Å². The van der Waals surface area contributed by atoms with Gasteiger partial charge in [-0.15, -0.1) is 0 Å². The first-order valence-corrected chi connectivity index (χ1v) is 34.1. The van der Waals surface area contributed by atoms with Gasteiger partial charge in [0, 0.05) is 12.8 Å². The van der Waals surface area contributed by atoms with E-state index in [1.54, 1.807) is 0 Å². The average Bonchev–Trinajstić information content (AvgIpc) is 3.37. The fraction of sp³-hybridized carbons (Fsp3) is 0.908. The quantitative estimate of drug-likeness (QED) is 0.0211. The lowest BCUT2D eigenvalue weighted by Crippen LogP contribution is -2.37. The van der Waals surface area contributed by atoms with E-state index in [0.29, 0.717) is 17.4 Å². The van der Waals surface area contributed by atoms with Crippen LogP contribution in [0.15, 0.2) is 24.3 Å². The monoisotopic (exact) mass is 1080 g/mol. The lowest BCUT2D eigenvalue weighted by atomic mass is 10.0. The zero-order valence-electron chi connectivity index (χ0n) is 50.6. The van der Waals surface area contributed by atoms with Gasteiger partial charge in [-0.1, -0.05) is 282 Å². The molecule has 0 aliphatic rings. The molecule has 2 atom stereocenters. The summed E-state index contributed by atoms with van der Waals surface area (Å²) in [5.74, 6) is -0.796. The van der Waals surface area contributed by atoms with E-state index in [0.717, 1.165) is 57.8 Å². The van der Waals surface area contributed by atoms with Gasteiger partial charge in [-0.25, -0.2) is 4.57 Å². The second-order valence-electron chi connectivity index (χ2n) is 23.5. The van der Waals surface area contributed by atoms with Crippen LogP contribution in [-0.2, 0) is 32.7 Å². The van der Waals surface area contributed by atoms with Crippen LogP contribution in [0.2, 0.25) is 0 Å². The van der Waals surface area contributed by atoms with Crippen molar-refractivity contribution in [2.45, 2.75) is 335 Å². The van der Waals surface area contributed by atoms with Crippen molar-refractivity contribution in [3.63, 3.8) is 0 Å². The molecule has 0 radical (unpaired) electrons. The Labute approximate surface area is 466 Å². The summed E-state index contributed by atoms with van der Waals surface area (Å²) in [7, 11) is 1.49. The van der Waals surface area contributed by atoms with Gasteiger partial charge in [0.1, 0.15) is 19.8 Å². The van der Waals surface area contributed by atoms with Crippen LogP contribution in [0.5, 0.6) is 0 Å². The molecule has 444 valence electrons. The molecular formula is C65H127NO8P+. The van der Waals surface area contributed by atoms with Gasteiger partial charge < -0.3 is 18.9 Å². The number of carbonyl (C=O) groups is 2. The van der Waals surface area contributed by atoms with Crippen molar-refractivity contribution < 1.29 is 42.1 Å². The van der Waals surface area contributed by atoms with Crippen molar-refractivity contribution in [3.05, 3.63) is 24.3 Å². The van der Waals surface area contributed by atoms with Crippen LogP contribution < -0.4 is 0 Å². The van der Waals surface area contributed by atoms with E-state index < -0.39 is 26.5 Å². The largest absolute Gasteiger partial charge is 0.472 e. The molecule has 0 aliphatic heterocycles. The molecule has 75 heavy (non-hydrogen) atoms. The number of allylic oxidation sites excluding steroid dienone is 4. The maximum atomic E-state index is 12.8. The molecule has 1 N–H and O–H groups in total. The minimum Gasteiger partial charge on any atom is -0.462 e. The first-order chi connectivity index (χ1) is 36.5. The molecule has 0 aromatic carbocycles. The van der Waals surface area contributed by atoms with Crippen LogP contribution in [-0.4, -0.2) is 74.9 Å². The number of esters is 2. The maximum Gasteiger partial charge on any atom is 0.472 e. The van der Waals surface area contributed by atoms with E-state index in [-0.39, 0.29) is 32.0 Å². The van der Waals surface area contributed by atoms with Crippen molar-refractivity contribution in [3.8, 4) is 0 Å². The van der Waals surface area contributed by atoms with Gasteiger partial charge in [-0.3, -0.25) is 18.6 Å². The molecule has 0 rings (SSSR count). The van der Waals surface area contributed by atoms with E-state index >= 15 is 0 Å². The van der Waals surface area contributed by atoms with Gasteiger partial charge in [-0.05, 0) is 57.8 Å². The van der Waals surface area contributed by atoms with Crippen LogP contribution in [0.1, 0.15) is 328 Å². The zero-order chi connectivity index (χ0) is 54.9. The third-order valence-electron chi connectivity index (χ3n) is 14.7. The molecule has 0 saturated heterocycles.